The van der Waals surface area contributed by atoms with E-state index < -0.39 is 21.9 Å². The number of methoxy groups -OCH3 is 1. The first kappa shape index (κ1) is 28.4. The summed E-state index contributed by atoms with van der Waals surface area (Å²) in [5.74, 6) is -0.332. The van der Waals surface area contributed by atoms with Crippen LogP contribution in [-0.4, -0.2) is 64.1 Å². The third kappa shape index (κ3) is 6.44. The van der Waals surface area contributed by atoms with E-state index in [1.807, 2.05) is 0 Å². The first-order chi connectivity index (χ1) is 19.6. The predicted octanol–water partition coefficient (Wildman–Crippen LogP) is 4.04. The molecular formula is C29H30FN3O7S. The number of anilines is 2. The molecular weight excluding hydrogens is 553 g/mol. The van der Waals surface area contributed by atoms with Crippen LogP contribution in [0.4, 0.5) is 15.8 Å². The van der Waals surface area contributed by atoms with Crippen LogP contribution in [0, 0.1) is 5.82 Å². The van der Waals surface area contributed by atoms with Gasteiger partial charge in [0.05, 0.1) is 36.1 Å². The van der Waals surface area contributed by atoms with Gasteiger partial charge < -0.3 is 24.4 Å². The van der Waals surface area contributed by atoms with Crippen molar-refractivity contribution in [3.63, 3.8) is 0 Å². The van der Waals surface area contributed by atoms with Crippen LogP contribution < -0.4 is 19.5 Å². The number of ether oxygens (including phenoxy) is 3. The molecule has 2 heterocycles. The molecule has 12 heteroatoms. The van der Waals surface area contributed by atoms with Crippen molar-refractivity contribution >= 4 is 33.2 Å². The lowest BCUT2D eigenvalue weighted by atomic mass is 9.94. The fourth-order valence-corrected chi connectivity index (χ4v) is 6.14. The Bertz CT molecular complexity index is 1570. The lowest BCUT2D eigenvalue weighted by Gasteiger charge is -2.42. The Morgan fingerprint density at radius 3 is 2.66 bits per heavy atom. The third-order valence-electron chi connectivity index (χ3n) is 7.14. The molecule has 1 fully saturated rings. The topological polar surface area (TPSA) is 123 Å². The highest BCUT2D eigenvalue weighted by molar-refractivity contribution is 7.92. The molecule has 0 bridgehead atoms. The minimum Gasteiger partial charge on any atom is -0.497 e. The normalized spacial score (nSPS) is 20.5. The van der Waals surface area contributed by atoms with Gasteiger partial charge in [-0.15, -0.1) is 0 Å². The van der Waals surface area contributed by atoms with Gasteiger partial charge in [0.15, 0.2) is 0 Å². The molecule has 0 spiro atoms. The minimum atomic E-state index is -4.08. The van der Waals surface area contributed by atoms with Crippen LogP contribution in [0.1, 0.15) is 29.6 Å². The molecule has 1 saturated heterocycles. The number of likely N-dealkylation sites (N-methyl/N-ethyl adjacent to an activating group) is 1. The second-order valence-corrected chi connectivity index (χ2v) is 11.6. The summed E-state index contributed by atoms with van der Waals surface area (Å²) in [6.07, 6.45) is 0.474. The van der Waals surface area contributed by atoms with Crippen molar-refractivity contribution in [3.8, 4) is 11.5 Å². The van der Waals surface area contributed by atoms with Gasteiger partial charge >= 0.3 is 0 Å². The molecule has 0 unspecified atom stereocenters. The zero-order chi connectivity index (χ0) is 29.1. The van der Waals surface area contributed by atoms with Gasteiger partial charge in [0, 0.05) is 24.5 Å². The number of nitrogens with zero attached hydrogens (tertiary/aromatic N) is 1. The average molecular weight is 584 g/mol. The summed E-state index contributed by atoms with van der Waals surface area (Å²) < 4.78 is 58.9. The van der Waals surface area contributed by atoms with Crippen molar-refractivity contribution in [2.75, 3.05) is 30.8 Å². The van der Waals surface area contributed by atoms with E-state index in [1.165, 1.54) is 30.3 Å². The summed E-state index contributed by atoms with van der Waals surface area (Å²) in [5, 5.41) is 2.86. The molecule has 3 atom stereocenters. The van der Waals surface area contributed by atoms with Crippen molar-refractivity contribution in [2.45, 2.75) is 42.4 Å². The van der Waals surface area contributed by atoms with Crippen molar-refractivity contribution in [2.24, 2.45) is 0 Å². The molecule has 0 aliphatic carbocycles. The van der Waals surface area contributed by atoms with E-state index in [1.54, 1.807) is 43.3 Å². The minimum absolute atomic E-state index is 0.137. The standard InChI is InChI=1S/C29H30FN3O7S/c1-33-25-11-10-22(16-28(34)31-19-6-4-7-21(14-19)38-2)40-27(25)17-39-26-12-9-20(15-24(26)29(33)35)32-41(36,37)23-8-3-5-18(30)13-23/h3-9,12-15,22,25,27,32H,10-11,16-17H2,1-2H3,(H,31,34)/t22-,25-,27+/m0/s1. The van der Waals surface area contributed by atoms with E-state index in [4.69, 9.17) is 14.2 Å². The molecule has 2 amide bonds. The molecule has 41 heavy (non-hydrogen) atoms. The first-order valence-corrected chi connectivity index (χ1v) is 14.5. The van der Waals surface area contributed by atoms with Crippen LogP contribution in [0.15, 0.2) is 71.6 Å². The number of nitrogens with one attached hydrogen (secondary N) is 2. The number of hydrogen-bond donors (Lipinski definition) is 2. The summed E-state index contributed by atoms with van der Waals surface area (Å²) in [6.45, 7) is 0.137. The van der Waals surface area contributed by atoms with Gasteiger partial charge in [-0.1, -0.05) is 12.1 Å². The highest BCUT2D eigenvalue weighted by Crippen LogP contribution is 2.33. The Morgan fingerprint density at radius 1 is 1.07 bits per heavy atom. The van der Waals surface area contributed by atoms with Crippen molar-refractivity contribution < 1.29 is 36.6 Å². The number of fused-ring (bicyclic) bond motifs is 2. The van der Waals surface area contributed by atoms with Gasteiger partial charge in [-0.25, -0.2) is 12.8 Å². The van der Waals surface area contributed by atoms with Crippen LogP contribution in [0.25, 0.3) is 0 Å². The van der Waals surface area contributed by atoms with E-state index in [9.17, 15) is 22.4 Å². The SMILES string of the molecule is COc1cccc(NC(=O)C[C@@H]2CC[C@H]3[C@@H](COc4ccc(NS(=O)(=O)c5cccc(F)c5)cc4C(=O)N3C)O2)c1. The Kier molecular flexibility index (Phi) is 8.13. The van der Waals surface area contributed by atoms with Gasteiger partial charge in [0.1, 0.15) is 30.0 Å². The Balaban J connectivity index is 1.26. The number of rotatable bonds is 7. The van der Waals surface area contributed by atoms with Crippen LogP contribution in [0.3, 0.4) is 0 Å². The van der Waals surface area contributed by atoms with Crippen molar-refractivity contribution in [1.82, 2.24) is 4.90 Å². The second kappa shape index (κ2) is 11.8. The number of benzene rings is 3. The molecule has 10 nitrogen and oxygen atoms in total. The van der Waals surface area contributed by atoms with Gasteiger partial charge in [-0.2, -0.15) is 0 Å². The molecule has 3 aromatic carbocycles. The van der Waals surface area contributed by atoms with Crippen LogP contribution in [-0.2, 0) is 19.6 Å². The lowest BCUT2D eigenvalue weighted by Crippen LogP contribution is -2.53. The van der Waals surface area contributed by atoms with Gasteiger partial charge in [0.25, 0.3) is 15.9 Å². The predicted molar refractivity (Wildman–Crippen MR) is 149 cm³/mol. The van der Waals surface area contributed by atoms with Gasteiger partial charge in [-0.3, -0.25) is 14.3 Å². The maximum atomic E-state index is 13.6. The van der Waals surface area contributed by atoms with E-state index in [2.05, 4.69) is 10.0 Å². The Morgan fingerprint density at radius 2 is 1.88 bits per heavy atom. The zero-order valence-electron chi connectivity index (χ0n) is 22.5. The second-order valence-electron chi connectivity index (χ2n) is 9.93. The molecule has 5 rings (SSSR count). The largest absolute Gasteiger partial charge is 0.497 e. The Labute approximate surface area is 237 Å². The molecule has 2 aliphatic rings. The molecule has 2 N–H and O–H groups in total. The monoisotopic (exact) mass is 583 g/mol. The van der Waals surface area contributed by atoms with E-state index in [0.717, 1.165) is 12.1 Å². The number of carbonyl (C=O) groups is 2. The number of hydrogen-bond acceptors (Lipinski definition) is 7. The highest BCUT2D eigenvalue weighted by atomic mass is 32.2. The van der Waals surface area contributed by atoms with Crippen molar-refractivity contribution in [3.05, 3.63) is 78.1 Å². The highest BCUT2D eigenvalue weighted by Gasteiger charge is 2.39. The maximum absolute atomic E-state index is 13.6. The average Bonchev–Trinajstić information content (AvgIpc) is 2.95. The van der Waals surface area contributed by atoms with E-state index in [0.29, 0.717) is 24.3 Å². The molecule has 0 radical (unpaired) electrons. The van der Waals surface area contributed by atoms with Gasteiger partial charge in [0.2, 0.25) is 5.91 Å². The molecule has 0 aromatic heterocycles. The maximum Gasteiger partial charge on any atom is 0.261 e. The number of sulfonamides is 1. The zero-order valence-corrected chi connectivity index (χ0v) is 23.3. The molecule has 0 saturated carbocycles. The first-order valence-electron chi connectivity index (χ1n) is 13.0. The summed E-state index contributed by atoms with van der Waals surface area (Å²) in [6, 6.07) is 15.8. The molecule has 3 aromatic rings. The molecule has 216 valence electrons. The van der Waals surface area contributed by atoms with Crippen molar-refractivity contribution in [1.29, 1.82) is 0 Å². The fourth-order valence-electron chi connectivity index (χ4n) is 5.06. The summed E-state index contributed by atoms with van der Waals surface area (Å²) in [5.41, 5.74) is 0.944. The van der Waals surface area contributed by atoms with Crippen LogP contribution in [0.5, 0.6) is 11.5 Å². The quantitative estimate of drug-likeness (QED) is 0.430. The van der Waals surface area contributed by atoms with E-state index in [-0.39, 0.29) is 58.9 Å². The number of halogens is 1. The third-order valence-corrected chi connectivity index (χ3v) is 8.52. The summed E-state index contributed by atoms with van der Waals surface area (Å²) >= 11 is 0. The number of carbonyl (C=O) groups excluding carboxylic acids is 2. The smallest absolute Gasteiger partial charge is 0.261 e. The number of amides is 2. The van der Waals surface area contributed by atoms with Gasteiger partial charge in [-0.05, 0) is 61.4 Å². The summed E-state index contributed by atoms with van der Waals surface area (Å²) in [7, 11) is -0.863. The lowest BCUT2D eigenvalue weighted by molar-refractivity contribution is -0.130. The van der Waals surface area contributed by atoms with E-state index >= 15 is 0 Å². The van der Waals surface area contributed by atoms with Crippen LogP contribution >= 0.6 is 0 Å². The van der Waals surface area contributed by atoms with Crippen LogP contribution in [0.2, 0.25) is 0 Å². The molecule has 2 aliphatic heterocycles. The Hall–Kier alpha value is -4.16. The fraction of sp³-hybridized carbons (Fsp3) is 0.310. The summed E-state index contributed by atoms with van der Waals surface area (Å²) in [4.78, 5) is 27.5.